The highest BCUT2D eigenvalue weighted by Crippen LogP contribution is 2.14. The van der Waals surface area contributed by atoms with Crippen LogP contribution in [0.2, 0.25) is 5.02 Å². The lowest BCUT2D eigenvalue weighted by atomic mass is 10.3. The summed E-state index contributed by atoms with van der Waals surface area (Å²) in [7, 11) is 1.72. The van der Waals surface area contributed by atoms with Crippen LogP contribution in [-0.4, -0.2) is 24.1 Å². The second-order valence-corrected chi connectivity index (χ2v) is 4.17. The van der Waals surface area contributed by atoms with Crippen molar-refractivity contribution in [1.29, 1.82) is 0 Å². The van der Waals surface area contributed by atoms with Gasteiger partial charge in [-0.25, -0.2) is 0 Å². The lowest BCUT2D eigenvalue weighted by Crippen LogP contribution is -2.29. The summed E-state index contributed by atoms with van der Waals surface area (Å²) in [6.45, 7) is 1.80. The Labute approximate surface area is 116 Å². The number of nitrogens with one attached hydrogen (secondary N) is 3. The number of hydrogen-bond acceptors (Lipinski definition) is 4. The first-order valence-corrected chi connectivity index (χ1v) is 5.97. The zero-order valence-electron chi connectivity index (χ0n) is 10.1. The van der Waals surface area contributed by atoms with E-state index in [0.29, 0.717) is 15.8 Å². The van der Waals surface area contributed by atoms with Gasteiger partial charge in [0, 0.05) is 12.1 Å². The van der Waals surface area contributed by atoms with Crippen LogP contribution in [0, 0.1) is 0 Å². The van der Waals surface area contributed by atoms with Gasteiger partial charge in [0.15, 0.2) is 5.11 Å². The van der Waals surface area contributed by atoms with Crippen LogP contribution in [0.25, 0.3) is 0 Å². The standard InChI is InChI=1S/C11H14ClN5S/c1-8(15-17-11(18)13-2)7-14-16-10-5-3-4-9(12)6-10/h3-7,16H,1-2H3,(H2,13,17,18). The molecule has 0 amide bonds. The van der Waals surface area contributed by atoms with E-state index < -0.39 is 0 Å². The Morgan fingerprint density at radius 2 is 2.22 bits per heavy atom. The molecule has 1 rings (SSSR count). The number of thiocarbonyl (C=S) groups is 1. The van der Waals surface area contributed by atoms with E-state index in [2.05, 4.69) is 26.4 Å². The number of anilines is 1. The lowest BCUT2D eigenvalue weighted by molar-refractivity contribution is 0.977. The Morgan fingerprint density at radius 3 is 2.89 bits per heavy atom. The lowest BCUT2D eigenvalue weighted by Gasteiger charge is -2.01. The third kappa shape index (κ3) is 5.60. The van der Waals surface area contributed by atoms with Crippen molar-refractivity contribution in [3.63, 3.8) is 0 Å². The number of halogens is 1. The van der Waals surface area contributed by atoms with Crippen LogP contribution >= 0.6 is 23.8 Å². The van der Waals surface area contributed by atoms with Gasteiger partial charge in [-0.2, -0.15) is 10.2 Å². The third-order valence-corrected chi connectivity index (χ3v) is 2.36. The van der Waals surface area contributed by atoms with E-state index >= 15 is 0 Å². The topological polar surface area (TPSA) is 60.8 Å². The van der Waals surface area contributed by atoms with Crippen molar-refractivity contribution in [2.45, 2.75) is 6.92 Å². The Hall–Kier alpha value is -1.66. The van der Waals surface area contributed by atoms with Crippen molar-refractivity contribution >= 4 is 46.5 Å². The number of hydrogen-bond donors (Lipinski definition) is 3. The second kappa shape index (κ2) is 7.62. The summed E-state index contributed by atoms with van der Waals surface area (Å²) in [5.41, 5.74) is 7.00. The van der Waals surface area contributed by atoms with Crippen LogP contribution in [0.3, 0.4) is 0 Å². The summed E-state index contributed by atoms with van der Waals surface area (Å²) in [6, 6.07) is 7.28. The fraction of sp³-hybridized carbons (Fsp3) is 0.182. The van der Waals surface area contributed by atoms with Crippen LogP contribution in [0.4, 0.5) is 5.69 Å². The van der Waals surface area contributed by atoms with Gasteiger partial charge in [0.2, 0.25) is 0 Å². The van der Waals surface area contributed by atoms with E-state index in [-0.39, 0.29) is 0 Å². The molecule has 0 aromatic heterocycles. The Bertz CT molecular complexity index is 472. The number of nitrogens with zero attached hydrogens (tertiary/aromatic N) is 2. The molecule has 3 N–H and O–H groups in total. The molecule has 5 nitrogen and oxygen atoms in total. The molecule has 96 valence electrons. The van der Waals surface area contributed by atoms with Crippen LogP contribution in [0.5, 0.6) is 0 Å². The Morgan fingerprint density at radius 1 is 1.44 bits per heavy atom. The molecule has 0 unspecified atom stereocenters. The molecule has 0 atom stereocenters. The minimum atomic E-state index is 0.450. The molecule has 0 saturated heterocycles. The monoisotopic (exact) mass is 283 g/mol. The van der Waals surface area contributed by atoms with Crippen molar-refractivity contribution in [1.82, 2.24) is 10.7 Å². The van der Waals surface area contributed by atoms with Gasteiger partial charge < -0.3 is 5.32 Å². The maximum Gasteiger partial charge on any atom is 0.186 e. The number of hydrazone groups is 2. The van der Waals surface area contributed by atoms with Gasteiger partial charge in [-0.05, 0) is 37.3 Å². The molecule has 0 aliphatic heterocycles. The van der Waals surface area contributed by atoms with Gasteiger partial charge in [0.1, 0.15) is 0 Å². The maximum absolute atomic E-state index is 5.84. The molecule has 0 aliphatic rings. The molecule has 1 aromatic carbocycles. The van der Waals surface area contributed by atoms with Crippen molar-refractivity contribution in [3.05, 3.63) is 29.3 Å². The SMILES string of the molecule is CNC(=S)NN=C(C)C=NNc1cccc(Cl)c1. The van der Waals surface area contributed by atoms with Gasteiger partial charge >= 0.3 is 0 Å². The molecule has 0 bridgehead atoms. The quantitative estimate of drug-likeness (QED) is 0.450. The zero-order chi connectivity index (χ0) is 13.4. The number of rotatable bonds is 4. The van der Waals surface area contributed by atoms with Gasteiger partial charge in [0.25, 0.3) is 0 Å². The summed E-state index contributed by atoms with van der Waals surface area (Å²) in [6.07, 6.45) is 1.58. The molecular weight excluding hydrogens is 270 g/mol. The van der Waals surface area contributed by atoms with Gasteiger partial charge in [-0.3, -0.25) is 10.9 Å². The summed E-state index contributed by atoms with van der Waals surface area (Å²) in [5.74, 6) is 0. The highest BCUT2D eigenvalue weighted by molar-refractivity contribution is 7.80. The number of benzene rings is 1. The van der Waals surface area contributed by atoms with Gasteiger partial charge in [-0.15, -0.1) is 0 Å². The fourth-order valence-corrected chi connectivity index (χ4v) is 1.22. The summed E-state index contributed by atoms with van der Waals surface area (Å²) in [5, 5.41) is 11.9. The zero-order valence-corrected chi connectivity index (χ0v) is 11.6. The van der Waals surface area contributed by atoms with Crippen LogP contribution < -0.4 is 16.2 Å². The minimum Gasteiger partial charge on any atom is -0.364 e. The smallest absolute Gasteiger partial charge is 0.186 e. The van der Waals surface area contributed by atoms with Crippen molar-refractivity contribution in [2.24, 2.45) is 10.2 Å². The van der Waals surface area contributed by atoms with Crippen molar-refractivity contribution < 1.29 is 0 Å². The predicted molar refractivity (Wildman–Crippen MR) is 81.5 cm³/mol. The third-order valence-electron chi connectivity index (χ3n) is 1.83. The van der Waals surface area contributed by atoms with Crippen LogP contribution in [0.1, 0.15) is 6.92 Å². The van der Waals surface area contributed by atoms with E-state index in [9.17, 15) is 0 Å². The first-order chi connectivity index (χ1) is 8.61. The largest absolute Gasteiger partial charge is 0.364 e. The molecule has 1 aromatic rings. The van der Waals surface area contributed by atoms with Crippen molar-refractivity contribution in [3.8, 4) is 0 Å². The molecule has 0 saturated carbocycles. The molecule has 0 fully saturated rings. The Kier molecular flexibility index (Phi) is 6.10. The highest BCUT2D eigenvalue weighted by atomic mass is 35.5. The summed E-state index contributed by atoms with van der Waals surface area (Å²) < 4.78 is 0. The van der Waals surface area contributed by atoms with E-state index in [4.69, 9.17) is 23.8 Å². The van der Waals surface area contributed by atoms with Crippen molar-refractivity contribution in [2.75, 3.05) is 12.5 Å². The first kappa shape index (κ1) is 14.4. The predicted octanol–water partition coefficient (Wildman–Crippen LogP) is 2.21. The molecular formula is C11H14ClN5S. The normalized spacial score (nSPS) is 11.4. The van der Waals surface area contributed by atoms with E-state index in [1.54, 1.807) is 32.3 Å². The molecule has 0 heterocycles. The average Bonchev–Trinajstić information content (AvgIpc) is 2.36. The van der Waals surface area contributed by atoms with Crippen LogP contribution in [0.15, 0.2) is 34.5 Å². The molecule has 18 heavy (non-hydrogen) atoms. The molecule has 0 aliphatic carbocycles. The fourth-order valence-electron chi connectivity index (χ4n) is 0.982. The average molecular weight is 284 g/mol. The van der Waals surface area contributed by atoms with E-state index in [1.807, 2.05) is 12.1 Å². The van der Waals surface area contributed by atoms with Gasteiger partial charge in [-0.1, -0.05) is 17.7 Å². The maximum atomic E-state index is 5.84. The second-order valence-electron chi connectivity index (χ2n) is 3.32. The Balaban J connectivity index is 2.47. The van der Waals surface area contributed by atoms with Crippen LogP contribution in [-0.2, 0) is 0 Å². The summed E-state index contributed by atoms with van der Waals surface area (Å²) in [4.78, 5) is 0. The van der Waals surface area contributed by atoms with Gasteiger partial charge in [0.05, 0.1) is 17.6 Å². The molecule has 0 radical (unpaired) electrons. The highest BCUT2D eigenvalue weighted by Gasteiger charge is 1.91. The van der Waals surface area contributed by atoms with E-state index in [1.165, 1.54) is 0 Å². The molecule has 0 spiro atoms. The first-order valence-electron chi connectivity index (χ1n) is 5.18. The minimum absolute atomic E-state index is 0.450. The molecule has 7 heteroatoms. The summed E-state index contributed by atoms with van der Waals surface area (Å²) >= 11 is 10.7. The van der Waals surface area contributed by atoms with E-state index in [0.717, 1.165) is 5.69 Å².